The summed E-state index contributed by atoms with van der Waals surface area (Å²) in [6, 6.07) is 10.0. The Morgan fingerprint density at radius 1 is 1.06 bits per heavy atom. The molecule has 0 aliphatic carbocycles. The summed E-state index contributed by atoms with van der Waals surface area (Å²) in [5.41, 5.74) is 1.46. The zero-order valence-corrected chi connectivity index (χ0v) is 19.3. The standard InChI is InChI=1S/C21H24N6O3S2/c1-2-27-20(16-9-11-22-12-10-16)24-25-21(27)31-15-19(28)23-17-5-7-18(8-6-17)32(29,30)26-13-3-4-14-26/h5-12H,2-4,13-15H2,1H3,(H,23,28). The lowest BCUT2D eigenvalue weighted by molar-refractivity contribution is -0.113. The third-order valence-electron chi connectivity index (χ3n) is 5.14. The summed E-state index contributed by atoms with van der Waals surface area (Å²) in [5, 5.41) is 11.9. The van der Waals surface area contributed by atoms with Crippen LogP contribution in [0.1, 0.15) is 19.8 Å². The summed E-state index contributed by atoms with van der Waals surface area (Å²) in [6.45, 7) is 3.78. The Balaban J connectivity index is 1.37. The first-order chi connectivity index (χ1) is 15.5. The Morgan fingerprint density at radius 3 is 2.41 bits per heavy atom. The molecule has 9 nitrogen and oxygen atoms in total. The number of nitrogens with one attached hydrogen (secondary N) is 1. The molecular formula is C21H24N6O3S2. The Kier molecular flexibility index (Phi) is 6.87. The number of nitrogens with zero attached hydrogens (tertiary/aromatic N) is 5. The number of thioether (sulfide) groups is 1. The smallest absolute Gasteiger partial charge is 0.243 e. The van der Waals surface area contributed by atoms with E-state index in [0.717, 1.165) is 24.2 Å². The van der Waals surface area contributed by atoms with Crippen molar-refractivity contribution in [3.05, 3.63) is 48.8 Å². The Labute approximate surface area is 191 Å². The molecule has 168 valence electrons. The molecule has 1 N–H and O–H groups in total. The van der Waals surface area contributed by atoms with Crippen LogP contribution in [-0.2, 0) is 21.4 Å². The molecule has 4 rings (SSSR count). The molecule has 0 radical (unpaired) electrons. The largest absolute Gasteiger partial charge is 0.325 e. The van der Waals surface area contributed by atoms with Gasteiger partial charge in [-0.15, -0.1) is 10.2 Å². The van der Waals surface area contributed by atoms with E-state index in [-0.39, 0.29) is 16.6 Å². The van der Waals surface area contributed by atoms with E-state index in [1.54, 1.807) is 24.5 Å². The highest BCUT2D eigenvalue weighted by molar-refractivity contribution is 7.99. The molecule has 3 heterocycles. The minimum Gasteiger partial charge on any atom is -0.325 e. The van der Waals surface area contributed by atoms with Crippen molar-refractivity contribution < 1.29 is 13.2 Å². The van der Waals surface area contributed by atoms with Gasteiger partial charge in [-0.05, 0) is 56.2 Å². The lowest BCUT2D eigenvalue weighted by atomic mass is 10.2. The Bertz CT molecular complexity index is 1170. The second-order valence-corrected chi connectivity index (χ2v) is 10.1. The lowest BCUT2D eigenvalue weighted by Gasteiger charge is -2.15. The fourth-order valence-corrected chi connectivity index (χ4v) is 5.83. The maximum absolute atomic E-state index is 12.6. The third-order valence-corrected chi connectivity index (χ3v) is 8.02. The van der Waals surface area contributed by atoms with E-state index in [9.17, 15) is 13.2 Å². The van der Waals surface area contributed by atoms with E-state index in [2.05, 4.69) is 20.5 Å². The van der Waals surface area contributed by atoms with Gasteiger partial charge in [0.15, 0.2) is 11.0 Å². The van der Waals surface area contributed by atoms with Gasteiger partial charge in [-0.25, -0.2) is 8.42 Å². The Morgan fingerprint density at radius 2 is 1.75 bits per heavy atom. The zero-order valence-electron chi connectivity index (χ0n) is 17.6. The molecule has 2 aromatic heterocycles. The quantitative estimate of drug-likeness (QED) is 0.502. The second-order valence-electron chi connectivity index (χ2n) is 7.26. The van der Waals surface area contributed by atoms with Gasteiger partial charge >= 0.3 is 0 Å². The van der Waals surface area contributed by atoms with Crippen LogP contribution in [0.3, 0.4) is 0 Å². The topological polar surface area (TPSA) is 110 Å². The van der Waals surface area contributed by atoms with Crippen LogP contribution < -0.4 is 5.32 Å². The number of carbonyl (C=O) groups excluding carboxylic acids is 1. The van der Waals surface area contributed by atoms with Gasteiger partial charge in [0.05, 0.1) is 10.6 Å². The van der Waals surface area contributed by atoms with Gasteiger partial charge in [-0.1, -0.05) is 11.8 Å². The van der Waals surface area contributed by atoms with Crippen molar-refractivity contribution in [1.29, 1.82) is 0 Å². The van der Waals surface area contributed by atoms with Crippen LogP contribution in [0.5, 0.6) is 0 Å². The number of amides is 1. The SMILES string of the molecule is CCn1c(SCC(=O)Nc2ccc(S(=O)(=O)N3CCCC3)cc2)nnc1-c1ccncc1. The van der Waals surface area contributed by atoms with Crippen molar-refractivity contribution in [1.82, 2.24) is 24.1 Å². The molecule has 1 aromatic carbocycles. The molecule has 3 aromatic rings. The van der Waals surface area contributed by atoms with Crippen LogP contribution in [0, 0.1) is 0 Å². The van der Waals surface area contributed by atoms with Crippen LogP contribution in [0.4, 0.5) is 5.69 Å². The number of hydrogen-bond donors (Lipinski definition) is 1. The highest BCUT2D eigenvalue weighted by Gasteiger charge is 2.27. The van der Waals surface area contributed by atoms with Crippen molar-refractivity contribution in [2.24, 2.45) is 0 Å². The van der Waals surface area contributed by atoms with Crippen molar-refractivity contribution in [2.75, 3.05) is 24.2 Å². The molecule has 1 aliphatic rings. The molecule has 1 aliphatic heterocycles. The average Bonchev–Trinajstić information content (AvgIpc) is 3.49. The van der Waals surface area contributed by atoms with Crippen LogP contribution in [0.25, 0.3) is 11.4 Å². The van der Waals surface area contributed by atoms with E-state index in [0.29, 0.717) is 30.5 Å². The fourth-order valence-electron chi connectivity index (χ4n) is 3.51. The second kappa shape index (κ2) is 9.80. The van der Waals surface area contributed by atoms with E-state index < -0.39 is 10.0 Å². The zero-order chi connectivity index (χ0) is 22.6. The number of sulfonamides is 1. The average molecular weight is 473 g/mol. The molecule has 0 saturated carbocycles. The van der Waals surface area contributed by atoms with Gasteiger partial charge in [0.1, 0.15) is 0 Å². The van der Waals surface area contributed by atoms with Gasteiger partial charge in [0, 0.05) is 43.3 Å². The highest BCUT2D eigenvalue weighted by atomic mass is 32.2. The van der Waals surface area contributed by atoms with E-state index in [1.807, 2.05) is 23.6 Å². The van der Waals surface area contributed by atoms with Crippen LogP contribution in [0.2, 0.25) is 0 Å². The van der Waals surface area contributed by atoms with Crippen molar-refractivity contribution >= 4 is 33.4 Å². The van der Waals surface area contributed by atoms with Crippen LogP contribution >= 0.6 is 11.8 Å². The Hall–Kier alpha value is -2.76. The molecule has 11 heteroatoms. The summed E-state index contributed by atoms with van der Waals surface area (Å²) in [5.74, 6) is 0.677. The van der Waals surface area contributed by atoms with E-state index >= 15 is 0 Å². The van der Waals surface area contributed by atoms with Gasteiger partial charge in [-0.2, -0.15) is 4.31 Å². The van der Waals surface area contributed by atoms with Gasteiger partial charge in [0.2, 0.25) is 15.9 Å². The molecule has 32 heavy (non-hydrogen) atoms. The molecule has 1 amide bonds. The first-order valence-corrected chi connectivity index (χ1v) is 12.8. The maximum atomic E-state index is 12.6. The molecule has 0 bridgehead atoms. The van der Waals surface area contributed by atoms with Crippen molar-refractivity contribution in [2.45, 2.75) is 36.4 Å². The first-order valence-electron chi connectivity index (χ1n) is 10.4. The number of anilines is 1. The number of rotatable bonds is 8. The highest BCUT2D eigenvalue weighted by Crippen LogP contribution is 2.25. The molecule has 1 fully saturated rings. The first kappa shape index (κ1) is 22.4. The normalized spacial score (nSPS) is 14.5. The van der Waals surface area contributed by atoms with Gasteiger partial charge in [-0.3, -0.25) is 9.78 Å². The summed E-state index contributed by atoms with van der Waals surface area (Å²) in [4.78, 5) is 16.7. The van der Waals surface area contributed by atoms with Crippen LogP contribution in [0.15, 0.2) is 58.8 Å². The molecule has 0 atom stereocenters. The molecule has 0 spiro atoms. The summed E-state index contributed by atoms with van der Waals surface area (Å²) >= 11 is 1.30. The summed E-state index contributed by atoms with van der Waals surface area (Å²) in [6.07, 6.45) is 5.18. The van der Waals surface area contributed by atoms with Gasteiger partial charge < -0.3 is 9.88 Å². The molecule has 1 saturated heterocycles. The van der Waals surface area contributed by atoms with Gasteiger partial charge in [0.25, 0.3) is 0 Å². The lowest BCUT2D eigenvalue weighted by Crippen LogP contribution is -2.27. The van der Waals surface area contributed by atoms with Crippen LogP contribution in [-0.4, -0.2) is 57.2 Å². The number of carbonyl (C=O) groups is 1. The number of aromatic nitrogens is 4. The van der Waals surface area contributed by atoms with Crippen molar-refractivity contribution in [3.8, 4) is 11.4 Å². The maximum Gasteiger partial charge on any atom is 0.243 e. The summed E-state index contributed by atoms with van der Waals surface area (Å²) < 4.78 is 28.7. The number of pyridine rings is 1. The monoisotopic (exact) mass is 472 g/mol. The number of hydrogen-bond acceptors (Lipinski definition) is 7. The van der Waals surface area contributed by atoms with E-state index in [4.69, 9.17) is 0 Å². The summed E-state index contributed by atoms with van der Waals surface area (Å²) in [7, 11) is -3.46. The molecule has 0 unspecified atom stereocenters. The minimum absolute atomic E-state index is 0.155. The predicted molar refractivity (Wildman–Crippen MR) is 123 cm³/mol. The molecular weight excluding hydrogens is 448 g/mol. The fraction of sp³-hybridized carbons (Fsp3) is 0.333. The third kappa shape index (κ3) is 4.84. The van der Waals surface area contributed by atoms with Crippen molar-refractivity contribution in [3.63, 3.8) is 0 Å². The van der Waals surface area contributed by atoms with E-state index in [1.165, 1.54) is 28.2 Å². The predicted octanol–water partition coefficient (Wildman–Crippen LogP) is 2.88. The number of benzene rings is 1. The minimum atomic E-state index is -3.46.